The minimum absolute atomic E-state index is 0.376. The highest BCUT2D eigenvalue weighted by Crippen LogP contribution is 2.25. The maximum Gasteiger partial charge on any atom is 0.0280 e. The molecule has 0 aliphatic carbocycles. The van der Waals surface area contributed by atoms with Crippen LogP contribution in [-0.4, -0.2) is 61.7 Å². The highest BCUT2D eigenvalue weighted by molar-refractivity contribution is 4.95. The first-order chi connectivity index (χ1) is 7.50. The maximum atomic E-state index is 3.66. The van der Waals surface area contributed by atoms with Crippen molar-refractivity contribution in [3.63, 3.8) is 0 Å². The molecule has 0 aromatic rings. The normalized spacial score (nSPS) is 41.1. The average molecular weight is 225 g/mol. The summed E-state index contributed by atoms with van der Waals surface area (Å²) in [5.74, 6) is 0.806. The fourth-order valence-electron chi connectivity index (χ4n) is 3.43. The summed E-state index contributed by atoms with van der Waals surface area (Å²) in [6.45, 7) is 9.70. The van der Waals surface area contributed by atoms with Crippen LogP contribution >= 0.6 is 0 Å². The Morgan fingerprint density at radius 1 is 1.38 bits per heavy atom. The Balaban J connectivity index is 1.88. The lowest BCUT2D eigenvalue weighted by Crippen LogP contribution is -2.47. The first-order valence-corrected chi connectivity index (χ1v) is 6.64. The molecule has 3 nitrogen and oxygen atoms in total. The first-order valence-electron chi connectivity index (χ1n) is 6.64. The minimum Gasteiger partial charge on any atom is -0.310 e. The van der Waals surface area contributed by atoms with Crippen LogP contribution in [0.15, 0.2) is 0 Å². The molecule has 94 valence electrons. The standard InChI is InChI=1S/C13H27N3/c1-11-8-16(9-12(11)15(3)4)10-13(2)6-5-7-14-13/h11-12,14H,5-10H2,1-4H3. The fraction of sp³-hybridized carbons (Fsp3) is 1.00. The van der Waals surface area contributed by atoms with Gasteiger partial charge in [-0.1, -0.05) is 6.92 Å². The van der Waals surface area contributed by atoms with E-state index in [0.29, 0.717) is 5.54 Å². The van der Waals surface area contributed by atoms with Crippen LogP contribution in [0.2, 0.25) is 0 Å². The molecule has 0 amide bonds. The lowest BCUT2D eigenvalue weighted by atomic mass is 10.00. The van der Waals surface area contributed by atoms with E-state index in [4.69, 9.17) is 0 Å². The molecule has 0 spiro atoms. The number of hydrogen-bond acceptors (Lipinski definition) is 3. The van der Waals surface area contributed by atoms with E-state index in [0.717, 1.165) is 12.0 Å². The Hall–Kier alpha value is -0.120. The van der Waals surface area contributed by atoms with Gasteiger partial charge in [0.25, 0.3) is 0 Å². The third kappa shape index (κ3) is 2.58. The van der Waals surface area contributed by atoms with Crippen LogP contribution in [0.4, 0.5) is 0 Å². The zero-order valence-electron chi connectivity index (χ0n) is 11.3. The SMILES string of the molecule is CC1CN(CC2(C)CCCN2)CC1N(C)C. The van der Waals surface area contributed by atoms with Crippen LogP contribution in [0.3, 0.4) is 0 Å². The molecule has 1 N–H and O–H groups in total. The summed E-state index contributed by atoms with van der Waals surface area (Å²) >= 11 is 0. The van der Waals surface area contributed by atoms with Gasteiger partial charge in [0.05, 0.1) is 0 Å². The van der Waals surface area contributed by atoms with Crippen molar-refractivity contribution in [1.82, 2.24) is 15.1 Å². The Morgan fingerprint density at radius 2 is 2.12 bits per heavy atom. The van der Waals surface area contributed by atoms with Gasteiger partial charge in [0.1, 0.15) is 0 Å². The van der Waals surface area contributed by atoms with Gasteiger partial charge in [-0.3, -0.25) is 4.90 Å². The van der Waals surface area contributed by atoms with E-state index in [2.05, 4.69) is 43.1 Å². The molecule has 2 rings (SSSR count). The van der Waals surface area contributed by atoms with Crippen LogP contribution in [0.25, 0.3) is 0 Å². The molecule has 3 atom stereocenters. The number of nitrogens with one attached hydrogen (secondary N) is 1. The zero-order valence-corrected chi connectivity index (χ0v) is 11.3. The van der Waals surface area contributed by atoms with E-state index >= 15 is 0 Å². The molecule has 2 aliphatic rings. The molecule has 3 unspecified atom stereocenters. The second-order valence-electron chi connectivity index (χ2n) is 6.29. The maximum absolute atomic E-state index is 3.66. The molecule has 0 aromatic carbocycles. The molecule has 2 aliphatic heterocycles. The number of hydrogen-bond donors (Lipinski definition) is 1. The summed E-state index contributed by atoms with van der Waals surface area (Å²) in [5.41, 5.74) is 0.376. The highest BCUT2D eigenvalue weighted by atomic mass is 15.3. The minimum atomic E-state index is 0.376. The van der Waals surface area contributed by atoms with Gasteiger partial charge in [0.2, 0.25) is 0 Å². The number of rotatable bonds is 3. The van der Waals surface area contributed by atoms with Crippen LogP contribution in [0.5, 0.6) is 0 Å². The zero-order chi connectivity index (χ0) is 11.8. The molecule has 2 heterocycles. The fourth-order valence-corrected chi connectivity index (χ4v) is 3.43. The Bertz CT molecular complexity index is 233. The Morgan fingerprint density at radius 3 is 2.62 bits per heavy atom. The summed E-state index contributed by atoms with van der Waals surface area (Å²) in [6, 6.07) is 0.741. The second kappa shape index (κ2) is 4.63. The quantitative estimate of drug-likeness (QED) is 0.773. The molecule has 2 fully saturated rings. The largest absolute Gasteiger partial charge is 0.310 e. The van der Waals surface area contributed by atoms with E-state index in [1.165, 1.54) is 39.0 Å². The molecule has 0 radical (unpaired) electrons. The van der Waals surface area contributed by atoms with Gasteiger partial charge in [0, 0.05) is 31.2 Å². The topological polar surface area (TPSA) is 18.5 Å². The van der Waals surface area contributed by atoms with Crippen molar-refractivity contribution in [2.45, 2.75) is 38.3 Å². The predicted molar refractivity (Wildman–Crippen MR) is 68.7 cm³/mol. The first kappa shape index (κ1) is 12.3. The third-order valence-electron chi connectivity index (χ3n) is 4.34. The van der Waals surface area contributed by atoms with E-state index < -0.39 is 0 Å². The Labute approximate surface area is 100 Å². The van der Waals surface area contributed by atoms with Crippen LogP contribution < -0.4 is 5.32 Å². The number of likely N-dealkylation sites (N-methyl/N-ethyl adjacent to an activating group) is 1. The Kier molecular flexibility index (Phi) is 3.57. The van der Waals surface area contributed by atoms with Gasteiger partial charge in [-0.15, -0.1) is 0 Å². The molecular weight excluding hydrogens is 198 g/mol. The molecule has 0 bridgehead atoms. The van der Waals surface area contributed by atoms with Crippen LogP contribution in [0, 0.1) is 5.92 Å². The van der Waals surface area contributed by atoms with E-state index in [1.807, 2.05) is 0 Å². The number of nitrogens with zero attached hydrogens (tertiary/aromatic N) is 2. The lowest BCUT2D eigenvalue weighted by Gasteiger charge is -2.30. The van der Waals surface area contributed by atoms with Crippen molar-refractivity contribution in [1.29, 1.82) is 0 Å². The van der Waals surface area contributed by atoms with Crippen molar-refractivity contribution >= 4 is 0 Å². The summed E-state index contributed by atoms with van der Waals surface area (Å²) in [4.78, 5) is 5.03. The van der Waals surface area contributed by atoms with Gasteiger partial charge in [-0.05, 0) is 46.3 Å². The van der Waals surface area contributed by atoms with Gasteiger partial charge in [0.15, 0.2) is 0 Å². The average Bonchev–Trinajstić information content (AvgIpc) is 2.73. The van der Waals surface area contributed by atoms with Gasteiger partial charge >= 0.3 is 0 Å². The van der Waals surface area contributed by atoms with Crippen LogP contribution in [-0.2, 0) is 0 Å². The van der Waals surface area contributed by atoms with E-state index in [-0.39, 0.29) is 0 Å². The van der Waals surface area contributed by atoms with Gasteiger partial charge in [-0.2, -0.15) is 0 Å². The molecule has 0 aromatic heterocycles. The smallest absolute Gasteiger partial charge is 0.0280 e. The summed E-state index contributed by atoms with van der Waals surface area (Å²) < 4.78 is 0. The number of likely N-dealkylation sites (tertiary alicyclic amines) is 1. The molecule has 16 heavy (non-hydrogen) atoms. The van der Waals surface area contributed by atoms with Crippen molar-refractivity contribution in [2.75, 3.05) is 40.3 Å². The van der Waals surface area contributed by atoms with Crippen molar-refractivity contribution < 1.29 is 0 Å². The van der Waals surface area contributed by atoms with E-state index in [9.17, 15) is 0 Å². The highest BCUT2D eigenvalue weighted by Gasteiger charge is 2.36. The monoisotopic (exact) mass is 225 g/mol. The predicted octanol–water partition coefficient (Wildman–Crippen LogP) is 1.01. The van der Waals surface area contributed by atoms with Gasteiger partial charge in [-0.25, -0.2) is 0 Å². The molecule has 0 saturated carbocycles. The summed E-state index contributed by atoms with van der Waals surface area (Å²) in [6.07, 6.45) is 2.68. The molecular formula is C13H27N3. The lowest BCUT2D eigenvalue weighted by molar-refractivity contribution is 0.218. The van der Waals surface area contributed by atoms with Gasteiger partial charge < -0.3 is 10.2 Å². The molecule has 2 saturated heterocycles. The van der Waals surface area contributed by atoms with Crippen molar-refractivity contribution in [2.24, 2.45) is 5.92 Å². The second-order valence-corrected chi connectivity index (χ2v) is 6.29. The van der Waals surface area contributed by atoms with Crippen molar-refractivity contribution in [3.05, 3.63) is 0 Å². The van der Waals surface area contributed by atoms with Crippen LogP contribution in [0.1, 0.15) is 26.7 Å². The summed E-state index contributed by atoms with van der Waals surface area (Å²) in [7, 11) is 4.42. The third-order valence-corrected chi connectivity index (χ3v) is 4.34. The summed E-state index contributed by atoms with van der Waals surface area (Å²) in [5, 5.41) is 3.66. The van der Waals surface area contributed by atoms with Crippen molar-refractivity contribution in [3.8, 4) is 0 Å². The molecule has 3 heteroatoms. The van der Waals surface area contributed by atoms with E-state index in [1.54, 1.807) is 0 Å².